The Morgan fingerprint density at radius 3 is 2.60 bits per heavy atom. The third kappa shape index (κ3) is 3.99. The molecule has 0 spiro atoms. The van der Waals surface area contributed by atoms with Crippen molar-refractivity contribution in [2.45, 2.75) is 13.0 Å². The van der Waals surface area contributed by atoms with Crippen LogP contribution in [0.25, 0.3) is 21.5 Å². The monoisotopic (exact) mass is 418 g/mol. The molecule has 0 radical (unpaired) electrons. The van der Waals surface area contributed by atoms with Crippen LogP contribution < -0.4 is 0 Å². The van der Waals surface area contributed by atoms with Crippen molar-refractivity contribution in [3.8, 4) is 10.6 Å². The van der Waals surface area contributed by atoms with Gasteiger partial charge in [0, 0.05) is 49.1 Å². The van der Waals surface area contributed by atoms with E-state index in [-0.39, 0.29) is 12.3 Å². The number of fused-ring (bicyclic) bond motifs is 1. The smallest absolute Gasteiger partial charge is 0.228 e. The summed E-state index contributed by atoms with van der Waals surface area (Å²) in [6.45, 7) is 3.97. The van der Waals surface area contributed by atoms with E-state index < -0.39 is 0 Å². The zero-order valence-corrected chi connectivity index (χ0v) is 17.3. The van der Waals surface area contributed by atoms with Gasteiger partial charge in [0.05, 0.1) is 12.1 Å². The highest BCUT2D eigenvalue weighted by Gasteiger charge is 2.23. The van der Waals surface area contributed by atoms with E-state index in [0.29, 0.717) is 5.69 Å². The van der Waals surface area contributed by atoms with E-state index in [9.17, 15) is 4.79 Å². The molecule has 0 aliphatic carbocycles. The number of hydrogen-bond acceptors (Lipinski definition) is 6. The van der Waals surface area contributed by atoms with Crippen molar-refractivity contribution in [3.05, 3.63) is 71.4 Å². The summed E-state index contributed by atoms with van der Waals surface area (Å²) in [6, 6.07) is 17.9. The van der Waals surface area contributed by atoms with Gasteiger partial charge in [0.15, 0.2) is 5.58 Å². The third-order valence-corrected chi connectivity index (χ3v) is 6.39. The minimum absolute atomic E-state index is 0.105. The predicted octanol–water partition coefficient (Wildman–Crippen LogP) is 3.84. The molecule has 30 heavy (non-hydrogen) atoms. The summed E-state index contributed by atoms with van der Waals surface area (Å²) in [5.41, 5.74) is 3.69. The van der Waals surface area contributed by atoms with E-state index in [1.54, 1.807) is 11.3 Å². The number of carbonyl (C=O) groups is 1. The fourth-order valence-corrected chi connectivity index (χ4v) is 4.62. The molecule has 0 N–H and O–H groups in total. The van der Waals surface area contributed by atoms with Crippen LogP contribution in [0.3, 0.4) is 0 Å². The van der Waals surface area contributed by atoms with Gasteiger partial charge in [-0.25, -0.2) is 4.98 Å². The topological polar surface area (TPSA) is 62.5 Å². The Morgan fingerprint density at radius 1 is 1.00 bits per heavy atom. The highest BCUT2D eigenvalue weighted by Crippen LogP contribution is 2.24. The largest absolute Gasteiger partial charge is 0.356 e. The summed E-state index contributed by atoms with van der Waals surface area (Å²) >= 11 is 1.68. The van der Waals surface area contributed by atoms with Gasteiger partial charge in [0.1, 0.15) is 10.7 Å². The van der Waals surface area contributed by atoms with Gasteiger partial charge in [-0.2, -0.15) is 0 Å². The van der Waals surface area contributed by atoms with Crippen molar-refractivity contribution in [1.82, 2.24) is 19.9 Å². The molecule has 1 aliphatic heterocycles. The van der Waals surface area contributed by atoms with E-state index in [1.165, 1.54) is 0 Å². The molecule has 1 saturated heterocycles. The second-order valence-corrected chi connectivity index (χ2v) is 8.33. The zero-order valence-electron chi connectivity index (χ0n) is 16.5. The molecule has 1 amide bonds. The minimum atomic E-state index is 0.105. The molecule has 2 aromatic heterocycles. The SMILES string of the molecule is O=C(Cc1noc2ccccc12)N1CCN(Cc2csc(-c3ccccc3)n2)CC1. The van der Waals surface area contributed by atoms with Gasteiger partial charge in [-0.05, 0) is 12.1 Å². The van der Waals surface area contributed by atoms with E-state index >= 15 is 0 Å². The van der Waals surface area contributed by atoms with E-state index in [1.807, 2.05) is 47.4 Å². The van der Waals surface area contributed by atoms with Gasteiger partial charge in [0.2, 0.25) is 5.91 Å². The standard InChI is InChI=1S/C23H22N4O2S/c28-22(14-20-19-8-4-5-9-21(19)29-25-20)27-12-10-26(11-13-27)15-18-16-30-23(24-18)17-6-2-1-3-7-17/h1-9,16H,10-15H2. The molecular weight excluding hydrogens is 396 g/mol. The van der Waals surface area contributed by atoms with Crippen LogP contribution in [0.15, 0.2) is 64.5 Å². The molecular formula is C23H22N4O2S. The number of aromatic nitrogens is 2. The lowest BCUT2D eigenvalue weighted by Crippen LogP contribution is -2.48. The summed E-state index contributed by atoms with van der Waals surface area (Å²) in [7, 11) is 0. The first-order valence-electron chi connectivity index (χ1n) is 10.1. The second kappa shape index (κ2) is 8.38. The average Bonchev–Trinajstić information content (AvgIpc) is 3.42. The first-order valence-corrected chi connectivity index (χ1v) is 11.0. The maximum atomic E-state index is 12.7. The Bertz CT molecular complexity index is 1150. The Morgan fingerprint density at radius 2 is 1.77 bits per heavy atom. The third-order valence-electron chi connectivity index (χ3n) is 5.45. The van der Waals surface area contributed by atoms with E-state index in [0.717, 1.165) is 60.0 Å². The molecule has 1 aliphatic rings. The average molecular weight is 419 g/mol. The van der Waals surface area contributed by atoms with Gasteiger partial charge in [0.25, 0.3) is 0 Å². The van der Waals surface area contributed by atoms with Gasteiger partial charge >= 0.3 is 0 Å². The lowest BCUT2D eigenvalue weighted by molar-refractivity contribution is -0.132. The number of para-hydroxylation sites is 1. The highest BCUT2D eigenvalue weighted by atomic mass is 32.1. The number of nitrogens with zero attached hydrogens (tertiary/aromatic N) is 4. The summed E-state index contributed by atoms with van der Waals surface area (Å²) in [6.07, 6.45) is 0.281. The lowest BCUT2D eigenvalue weighted by atomic mass is 10.1. The zero-order chi connectivity index (χ0) is 20.3. The minimum Gasteiger partial charge on any atom is -0.356 e. The van der Waals surface area contributed by atoms with Crippen molar-refractivity contribution in [1.29, 1.82) is 0 Å². The van der Waals surface area contributed by atoms with Crippen molar-refractivity contribution in [2.75, 3.05) is 26.2 Å². The van der Waals surface area contributed by atoms with E-state index in [4.69, 9.17) is 9.51 Å². The van der Waals surface area contributed by atoms with Crippen LogP contribution >= 0.6 is 11.3 Å². The van der Waals surface area contributed by atoms with Crippen LogP contribution in [0, 0.1) is 0 Å². The molecule has 1 fully saturated rings. The fourth-order valence-electron chi connectivity index (χ4n) is 3.80. The normalized spacial score (nSPS) is 15.0. The van der Waals surface area contributed by atoms with Crippen molar-refractivity contribution in [2.24, 2.45) is 0 Å². The Hall–Kier alpha value is -3.03. The van der Waals surface area contributed by atoms with Crippen LogP contribution in [0.1, 0.15) is 11.4 Å². The Labute approximate surface area is 178 Å². The molecule has 7 heteroatoms. The first-order chi connectivity index (χ1) is 14.8. The molecule has 152 valence electrons. The molecule has 0 atom stereocenters. The molecule has 2 aromatic carbocycles. The van der Waals surface area contributed by atoms with E-state index in [2.05, 4.69) is 27.6 Å². The Kier molecular flexibility index (Phi) is 5.29. The predicted molar refractivity (Wildman–Crippen MR) is 117 cm³/mol. The summed E-state index contributed by atoms with van der Waals surface area (Å²) in [5.74, 6) is 0.105. The molecule has 6 nitrogen and oxygen atoms in total. The van der Waals surface area contributed by atoms with Crippen LogP contribution in [-0.2, 0) is 17.8 Å². The first kappa shape index (κ1) is 19.0. The second-order valence-electron chi connectivity index (χ2n) is 7.47. The number of carbonyl (C=O) groups excluding carboxylic acids is 1. The van der Waals surface area contributed by atoms with Gasteiger partial charge in [-0.1, -0.05) is 47.6 Å². The van der Waals surface area contributed by atoms with Crippen LogP contribution in [0.2, 0.25) is 0 Å². The molecule has 0 unspecified atom stereocenters. The number of piperazine rings is 1. The fraction of sp³-hybridized carbons (Fsp3) is 0.261. The van der Waals surface area contributed by atoms with Crippen LogP contribution in [0.4, 0.5) is 0 Å². The summed E-state index contributed by atoms with van der Waals surface area (Å²) < 4.78 is 5.32. The number of hydrogen-bond donors (Lipinski definition) is 0. The molecule has 0 saturated carbocycles. The van der Waals surface area contributed by atoms with Crippen molar-refractivity contribution in [3.63, 3.8) is 0 Å². The van der Waals surface area contributed by atoms with Crippen molar-refractivity contribution >= 4 is 28.2 Å². The molecule has 5 rings (SSSR count). The van der Waals surface area contributed by atoms with Crippen LogP contribution in [0.5, 0.6) is 0 Å². The number of thiazole rings is 1. The molecule has 4 aromatic rings. The molecule has 0 bridgehead atoms. The van der Waals surface area contributed by atoms with Gasteiger partial charge < -0.3 is 9.42 Å². The van der Waals surface area contributed by atoms with Crippen molar-refractivity contribution < 1.29 is 9.32 Å². The number of benzene rings is 2. The summed E-state index contributed by atoms with van der Waals surface area (Å²) in [5, 5.41) is 8.20. The van der Waals surface area contributed by atoms with Gasteiger partial charge in [-0.15, -0.1) is 11.3 Å². The van der Waals surface area contributed by atoms with Crippen LogP contribution in [-0.4, -0.2) is 52.0 Å². The number of amides is 1. The maximum absolute atomic E-state index is 12.7. The highest BCUT2D eigenvalue weighted by molar-refractivity contribution is 7.13. The summed E-state index contributed by atoms with van der Waals surface area (Å²) in [4.78, 5) is 21.8. The quantitative estimate of drug-likeness (QED) is 0.493. The Balaban J connectivity index is 1.16. The lowest BCUT2D eigenvalue weighted by Gasteiger charge is -2.34. The van der Waals surface area contributed by atoms with Gasteiger partial charge in [-0.3, -0.25) is 9.69 Å². The number of rotatable bonds is 5. The molecule has 3 heterocycles. The maximum Gasteiger partial charge on any atom is 0.228 e.